The van der Waals surface area contributed by atoms with Gasteiger partial charge in [0.15, 0.2) is 5.96 Å². The molecule has 6 heteroatoms. The smallest absolute Gasteiger partial charge is 0.191 e. The Morgan fingerprint density at radius 3 is 2.57 bits per heavy atom. The molecular formula is C15H22IN3OS. The van der Waals surface area contributed by atoms with Gasteiger partial charge in [0.25, 0.3) is 0 Å². The fourth-order valence-electron chi connectivity index (χ4n) is 2.08. The second-order valence-corrected chi connectivity index (χ2v) is 6.22. The molecule has 0 amide bonds. The predicted octanol–water partition coefficient (Wildman–Crippen LogP) is 2.30. The third-order valence-electron chi connectivity index (χ3n) is 3.16. The van der Waals surface area contributed by atoms with E-state index in [0.29, 0.717) is 18.3 Å². The Kier molecular flexibility index (Phi) is 8.60. The van der Waals surface area contributed by atoms with Crippen LogP contribution in [0, 0.1) is 0 Å². The molecule has 1 unspecified atom stereocenters. The van der Waals surface area contributed by atoms with Gasteiger partial charge in [-0.15, -0.1) is 24.0 Å². The first-order valence-electron chi connectivity index (χ1n) is 6.85. The van der Waals surface area contributed by atoms with Gasteiger partial charge in [0, 0.05) is 30.3 Å². The fourth-order valence-corrected chi connectivity index (χ4v) is 3.06. The Morgan fingerprint density at radius 2 is 1.95 bits per heavy atom. The Hall–Kier alpha value is -0.890. The van der Waals surface area contributed by atoms with Gasteiger partial charge in [-0.2, -0.15) is 0 Å². The van der Waals surface area contributed by atoms with Gasteiger partial charge in [-0.1, -0.05) is 30.4 Å². The first-order valence-corrected chi connectivity index (χ1v) is 8.17. The van der Waals surface area contributed by atoms with Crippen LogP contribution < -0.4 is 10.6 Å². The van der Waals surface area contributed by atoms with Gasteiger partial charge < -0.3 is 10.6 Å². The number of aliphatic imine (C=N–C) groups is 1. The lowest BCUT2D eigenvalue weighted by Gasteiger charge is -2.16. The van der Waals surface area contributed by atoms with Crippen molar-refractivity contribution in [1.29, 1.82) is 0 Å². The van der Waals surface area contributed by atoms with Crippen molar-refractivity contribution >= 4 is 40.7 Å². The number of benzene rings is 1. The molecule has 4 nitrogen and oxygen atoms in total. The maximum absolute atomic E-state index is 12.1. The number of hydrogen-bond acceptors (Lipinski definition) is 2. The minimum Gasteiger partial charge on any atom is -0.355 e. The van der Waals surface area contributed by atoms with Crippen LogP contribution in [-0.2, 0) is 10.8 Å². The van der Waals surface area contributed by atoms with Gasteiger partial charge in [0.05, 0.1) is 10.8 Å². The summed E-state index contributed by atoms with van der Waals surface area (Å²) in [6.45, 7) is 0.640. The van der Waals surface area contributed by atoms with E-state index in [4.69, 9.17) is 0 Å². The van der Waals surface area contributed by atoms with Crippen LogP contribution in [0.25, 0.3) is 0 Å². The summed E-state index contributed by atoms with van der Waals surface area (Å²) in [4.78, 5) is 5.06. The van der Waals surface area contributed by atoms with E-state index in [1.807, 2.05) is 30.3 Å². The Morgan fingerprint density at radius 1 is 1.29 bits per heavy atom. The highest BCUT2D eigenvalue weighted by Crippen LogP contribution is 2.08. The molecule has 1 aliphatic carbocycles. The normalized spacial score (nSPS) is 16.3. The van der Waals surface area contributed by atoms with Crippen molar-refractivity contribution in [3.63, 3.8) is 0 Å². The quantitative estimate of drug-likeness (QED) is 0.333. The van der Waals surface area contributed by atoms with Gasteiger partial charge in [-0.3, -0.25) is 9.20 Å². The summed E-state index contributed by atoms with van der Waals surface area (Å²) in [6, 6.07) is 9.98. The van der Waals surface area contributed by atoms with E-state index in [1.165, 1.54) is 0 Å². The summed E-state index contributed by atoms with van der Waals surface area (Å²) < 4.78 is 12.1. The van der Waals surface area contributed by atoms with E-state index < -0.39 is 10.8 Å². The summed E-state index contributed by atoms with van der Waals surface area (Å²) in [6.07, 6.45) is 6.43. The van der Waals surface area contributed by atoms with Crippen molar-refractivity contribution < 1.29 is 4.21 Å². The molecule has 0 fully saturated rings. The van der Waals surface area contributed by atoms with Gasteiger partial charge in [0.2, 0.25) is 0 Å². The molecule has 0 heterocycles. The maximum atomic E-state index is 12.1. The van der Waals surface area contributed by atoms with Crippen LogP contribution >= 0.6 is 24.0 Å². The number of halogens is 1. The van der Waals surface area contributed by atoms with E-state index in [-0.39, 0.29) is 24.0 Å². The maximum Gasteiger partial charge on any atom is 0.191 e. The largest absolute Gasteiger partial charge is 0.355 e. The van der Waals surface area contributed by atoms with Crippen molar-refractivity contribution in [1.82, 2.24) is 10.6 Å². The van der Waals surface area contributed by atoms with Crippen molar-refractivity contribution in [3.8, 4) is 0 Å². The van der Waals surface area contributed by atoms with E-state index in [9.17, 15) is 4.21 Å². The summed E-state index contributed by atoms with van der Waals surface area (Å²) in [5, 5.41) is 6.57. The van der Waals surface area contributed by atoms with Crippen LogP contribution in [-0.4, -0.2) is 35.6 Å². The number of nitrogens with zero attached hydrogens (tertiary/aromatic N) is 1. The minimum absolute atomic E-state index is 0. The molecule has 0 spiro atoms. The average molecular weight is 419 g/mol. The highest BCUT2D eigenvalue weighted by molar-refractivity contribution is 14.0. The van der Waals surface area contributed by atoms with Crippen LogP contribution in [0.3, 0.4) is 0 Å². The molecule has 1 atom stereocenters. The molecule has 0 radical (unpaired) electrons. The number of hydrogen-bond donors (Lipinski definition) is 2. The number of guanidine groups is 1. The van der Waals surface area contributed by atoms with Crippen LogP contribution in [0.1, 0.15) is 12.8 Å². The second kappa shape index (κ2) is 9.94. The topological polar surface area (TPSA) is 53.5 Å². The molecule has 0 saturated carbocycles. The van der Waals surface area contributed by atoms with Crippen molar-refractivity contribution in [2.24, 2.45) is 4.99 Å². The monoisotopic (exact) mass is 419 g/mol. The third-order valence-corrected chi connectivity index (χ3v) is 4.53. The van der Waals surface area contributed by atoms with Crippen molar-refractivity contribution in [2.75, 3.05) is 19.3 Å². The van der Waals surface area contributed by atoms with Gasteiger partial charge >= 0.3 is 0 Å². The zero-order valence-corrected chi connectivity index (χ0v) is 15.3. The standard InChI is InChI=1S/C15H21N3OS.HI/c1-16-15(18-13-7-5-6-8-13)17-11-12-20(19)14-9-3-2-4-10-14;/h2-6,9-10,13H,7-8,11-12H2,1H3,(H2,16,17,18);1H. The number of nitrogens with one attached hydrogen (secondary N) is 2. The Balaban J connectivity index is 0.00000220. The molecule has 2 rings (SSSR count). The SMILES string of the molecule is CN=C(NCCS(=O)c1ccccc1)NC1CC=CC1.I. The van der Waals surface area contributed by atoms with Crippen molar-refractivity contribution in [2.45, 2.75) is 23.8 Å². The van der Waals surface area contributed by atoms with Crippen LogP contribution in [0.15, 0.2) is 52.4 Å². The lowest BCUT2D eigenvalue weighted by molar-refractivity contribution is 0.635. The molecule has 1 aromatic rings. The summed E-state index contributed by atoms with van der Waals surface area (Å²) >= 11 is 0. The van der Waals surface area contributed by atoms with E-state index in [2.05, 4.69) is 27.8 Å². The first-order chi connectivity index (χ1) is 9.79. The summed E-state index contributed by atoms with van der Waals surface area (Å²) in [5.74, 6) is 1.36. The highest BCUT2D eigenvalue weighted by Gasteiger charge is 2.11. The molecule has 0 bridgehead atoms. The molecule has 0 aromatic heterocycles. The Bertz CT molecular complexity index is 497. The predicted molar refractivity (Wildman–Crippen MR) is 99.8 cm³/mol. The third kappa shape index (κ3) is 6.17. The van der Waals surface area contributed by atoms with Gasteiger partial charge in [-0.25, -0.2) is 0 Å². The van der Waals surface area contributed by atoms with Crippen LogP contribution in [0.4, 0.5) is 0 Å². The zero-order valence-electron chi connectivity index (χ0n) is 12.1. The summed E-state index contributed by atoms with van der Waals surface area (Å²) in [7, 11) is 0.792. The average Bonchev–Trinajstić information content (AvgIpc) is 3.00. The second-order valence-electron chi connectivity index (χ2n) is 4.65. The first kappa shape index (κ1) is 18.2. The van der Waals surface area contributed by atoms with E-state index in [1.54, 1.807) is 7.05 Å². The van der Waals surface area contributed by atoms with Crippen LogP contribution in [0.5, 0.6) is 0 Å². The van der Waals surface area contributed by atoms with Gasteiger partial charge in [-0.05, 0) is 25.0 Å². The Labute approximate surface area is 146 Å². The highest BCUT2D eigenvalue weighted by atomic mass is 127. The molecule has 21 heavy (non-hydrogen) atoms. The molecule has 116 valence electrons. The van der Waals surface area contributed by atoms with E-state index >= 15 is 0 Å². The zero-order chi connectivity index (χ0) is 14.2. The van der Waals surface area contributed by atoms with Gasteiger partial charge in [0.1, 0.15) is 0 Å². The number of rotatable bonds is 5. The molecule has 0 saturated heterocycles. The molecule has 0 aliphatic heterocycles. The lowest BCUT2D eigenvalue weighted by Crippen LogP contribution is -2.43. The molecule has 1 aliphatic rings. The molecular weight excluding hydrogens is 397 g/mol. The molecule has 1 aromatic carbocycles. The van der Waals surface area contributed by atoms with Crippen LogP contribution in [0.2, 0.25) is 0 Å². The lowest BCUT2D eigenvalue weighted by atomic mass is 10.2. The minimum atomic E-state index is -0.963. The molecule has 2 N–H and O–H groups in total. The summed E-state index contributed by atoms with van der Waals surface area (Å²) in [5.41, 5.74) is 0. The van der Waals surface area contributed by atoms with E-state index in [0.717, 1.165) is 23.7 Å². The fraction of sp³-hybridized carbons (Fsp3) is 0.400. The van der Waals surface area contributed by atoms with Crippen molar-refractivity contribution in [3.05, 3.63) is 42.5 Å².